The van der Waals surface area contributed by atoms with E-state index in [1.54, 1.807) is 13.3 Å². The molecule has 0 fully saturated rings. The highest BCUT2D eigenvalue weighted by molar-refractivity contribution is 7.69. The highest BCUT2D eigenvalue weighted by Gasteiger charge is 2.21. The molecule has 0 bridgehead atoms. The van der Waals surface area contributed by atoms with Crippen molar-refractivity contribution in [1.29, 1.82) is 0 Å². The number of hydrogen-bond donors (Lipinski definition) is 0. The lowest BCUT2D eigenvalue weighted by atomic mass is 9.87. The molecule has 0 aliphatic rings. The zero-order chi connectivity index (χ0) is 17.4. The van der Waals surface area contributed by atoms with Crippen molar-refractivity contribution >= 4 is 12.6 Å². The second-order valence-electron chi connectivity index (χ2n) is 6.82. The largest absolute Gasteiger partial charge is 0.451 e. The van der Waals surface area contributed by atoms with Gasteiger partial charge in [0.2, 0.25) is 0 Å². The van der Waals surface area contributed by atoms with Crippen LogP contribution >= 0.6 is 7.14 Å². The number of aromatic nitrogens is 1. The Morgan fingerprint density at radius 2 is 1.65 bits per heavy atom. The first-order chi connectivity index (χ1) is 10.5. The van der Waals surface area contributed by atoms with Gasteiger partial charge < -0.3 is 9.30 Å². The quantitative estimate of drug-likeness (QED) is 0.761. The fourth-order valence-corrected chi connectivity index (χ4v) is 2.75. The average Bonchev–Trinajstić information content (AvgIpc) is 2.41. The molecule has 1 aromatic heterocycles. The summed E-state index contributed by atoms with van der Waals surface area (Å²) in [6.45, 7) is 8.75. The molecule has 0 amide bonds. The van der Waals surface area contributed by atoms with Crippen molar-refractivity contribution in [3.63, 3.8) is 0 Å². The number of halogens is 2. The Morgan fingerprint density at radius 3 is 2.13 bits per heavy atom. The minimum Gasteiger partial charge on any atom is -0.451 e. The van der Waals surface area contributed by atoms with E-state index in [9.17, 15) is 13.3 Å². The Labute approximate surface area is 135 Å². The number of pyridine rings is 1. The lowest BCUT2D eigenvalue weighted by molar-refractivity contribution is 0.403. The minimum atomic E-state index is -2.58. The summed E-state index contributed by atoms with van der Waals surface area (Å²) < 4.78 is 45.8. The normalized spacial score (nSPS) is 12.3. The molecular formula is C17H20F2NO2P. The summed E-state index contributed by atoms with van der Waals surface area (Å²) in [6.07, 6.45) is 1.41. The molecule has 3 nitrogen and oxygen atoms in total. The van der Waals surface area contributed by atoms with E-state index in [4.69, 9.17) is 4.74 Å². The Balaban J connectivity index is 2.40. The van der Waals surface area contributed by atoms with Crippen LogP contribution in [0.2, 0.25) is 0 Å². The van der Waals surface area contributed by atoms with Gasteiger partial charge in [-0.1, -0.05) is 20.8 Å². The van der Waals surface area contributed by atoms with Gasteiger partial charge in [-0.2, -0.15) is 0 Å². The zero-order valence-electron chi connectivity index (χ0n) is 13.9. The summed E-state index contributed by atoms with van der Waals surface area (Å²) in [7, 11) is -2.58. The maximum Gasteiger partial charge on any atom is 0.198 e. The van der Waals surface area contributed by atoms with Gasteiger partial charge in [-0.05, 0) is 42.5 Å². The third-order valence-electron chi connectivity index (χ3n) is 3.35. The fourth-order valence-electron chi connectivity index (χ4n) is 1.97. The highest BCUT2D eigenvalue weighted by Crippen LogP contribution is 2.36. The van der Waals surface area contributed by atoms with Gasteiger partial charge in [-0.3, -0.25) is 4.98 Å². The van der Waals surface area contributed by atoms with Crippen LogP contribution in [0.4, 0.5) is 8.78 Å². The predicted octanol–water partition coefficient (Wildman–Crippen LogP) is 4.70. The highest BCUT2D eigenvalue weighted by atomic mass is 31.2. The van der Waals surface area contributed by atoms with Crippen molar-refractivity contribution in [2.75, 3.05) is 13.3 Å². The molecule has 0 N–H and O–H groups in total. The van der Waals surface area contributed by atoms with Crippen LogP contribution in [-0.4, -0.2) is 18.3 Å². The topological polar surface area (TPSA) is 39.2 Å². The summed E-state index contributed by atoms with van der Waals surface area (Å²) in [4.78, 5) is 4.01. The molecule has 6 heteroatoms. The summed E-state index contributed by atoms with van der Waals surface area (Å²) in [5.74, 6) is -1.83. The van der Waals surface area contributed by atoms with Gasteiger partial charge >= 0.3 is 0 Å². The van der Waals surface area contributed by atoms with E-state index in [2.05, 4.69) is 4.98 Å². The molecule has 0 aliphatic carbocycles. The van der Waals surface area contributed by atoms with E-state index in [1.165, 1.54) is 30.5 Å². The summed E-state index contributed by atoms with van der Waals surface area (Å²) in [5, 5.41) is 0. The standard InChI is InChI=1S/C17H20F2NO2P/c1-17(2,3)11-8-13(18)16(14(19)9-11)22-12-6-7-20-15(10-12)23(4,5)21/h6-10H,1-5H3. The van der Waals surface area contributed by atoms with Crippen molar-refractivity contribution in [3.8, 4) is 11.5 Å². The van der Waals surface area contributed by atoms with Crippen LogP contribution in [-0.2, 0) is 9.98 Å². The van der Waals surface area contributed by atoms with Crippen molar-refractivity contribution in [2.45, 2.75) is 26.2 Å². The third kappa shape index (κ3) is 4.17. The van der Waals surface area contributed by atoms with Gasteiger partial charge in [0.05, 0.1) is 0 Å². The van der Waals surface area contributed by atoms with Crippen LogP contribution in [0, 0.1) is 11.6 Å². The van der Waals surface area contributed by atoms with Crippen molar-refractivity contribution in [3.05, 3.63) is 47.7 Å². The van der Waals surface area contributed by atoms with Gasteiger partial charge in [0.25, 0.3) is 0 Å². The number of hydrogen-bond acceptors (Lipinski definition) is 3. The zero-order valence-corrected chi connectivity index (χ0v) is 14.7. The first-order valence-electron chi connectivity index (χ1n) is 7.17. The van der Waals surface area contributed by atoms with Crippen LogP contribution in [0.5, 0.6) is 11.5 Å². The number of rotatable bonds is 3. The third-order valence-corrected chi connectivity index (χ3v) is 4.70. The molecule has 0 saturated carbocycles. The van der Waals surface area contributed by atoms with Gasteiger partial charge in [-0.15, -0.1) is 0 Å². The molecule has 0 aliphatic heterocycles. The Hall–Kier alpha value is -1.74. The van der Waals surface area contributed by atoms with E-state index in [0.29, 0.717) is 11.0 Å². The molecule has 1 aromatic carbocycles. The monoisotopic (exact) mass is 339 g/mol. The maximum atomic E-state index is 14.2. The van der Waals surface area contributed by atoms with Crippen molar-refractivity contribution in [1.82, 2.24) is 4.98 Å². The van der Waals surface area contributed by atoms with E-state index < -0.39 is 24.5 Å². The Bertz CT molecular complexity index is 755. The maximum absolute atomic E-state index is 14.2. The molecule has 23 heavy (non-hydrogen) atoms. The van der Waals surface area contributed by atoms with E-state index in [-0.39, 0.29) is 11.2 Å². The Morgan fingerprint density at radius 1 is 1.09 bits per heavy atom. The fraction of sp³-hybridized carbons (Fsp3) is 0.353. The summed E-state index contributed by atoms with van der Waals surface area (Å²) >= 11 is 0. The first kappa shape index (κ1) is 17.6. The van der Waals surface area contributed by atoms with E-state index in [0.717, 1.165) is 0 Å². The smallest absolute Gasteiger partial charge is 0.198 e. The molecule has 1 heterocycles. The van der Waals surface area contributed by atoms with Crippen LogP contribution < -0.4 is 10.2 Å². The van der Waals surface area contributed by atoms with Crippen LogP contribution in [0.3, 0.4) is 0 Å². The summed E-state index contributed by atoms with van der Waals surface area (Å²) in [6, 6.07) is 5.45. The number of nitrogens with zero attached hydrogens (tertiary/aromatic N) is 1. The first-order valence-corrected chi connectivity index (χ1v) is 9.77. The van der Waals surface area contributed by atoms with Gasteiger partial charge in [-0.25, -0.2) is 8.78 Å². The van der Waals surface area contributed by atoms with Crippen LogP contribution in [0.25, 0.3) is 0 Å². The van der Waals surface area contributed by atoms with Crippen LogP contribution in [0.1, 0.15) is 26.3 Å². The number of benzene rings is 1. The van der Waals surface area contributed by atoms with Gasteiger partial charge in [0.15, 0.2) is 17.4 Å². The lowest BCUT2D eigenvalue weighted by Crippen LogP contribution is -2.12. The second-order valence-corrected chi connectivity index (χ2v) is 9.98. The molecule has 0 radical (unpaired) electrons. The molecule has 2 rings (SSSR count). The average molecular weight is 339 g/mol. The molecule has 0 spiro atoms. The summed E-state index contributed by atoms with van der Waals surface area (Å²) in [5.41, 5.74) is 0.519. The molecule has 0 unspecified atom stereocenters. The van der Waals surface area contributed by atoms with Crippen molar-refractivity contribution < 1.29 is 18.1 Å². The molecule has 0 saturated heterocycles. The molecule has 124 valence electrons. The van der Waals surface area contributed by atoms with Crippen molar-refractivity contribution in [2.24, 2.45) is 0 Å². The molecular weight excluding hydrogens is 319 g/mol. The molecule has 0 atom stereocenters. The predicted molar refractivity (Wildman–Crippen MR) is 88.5 cm³/mol. The Kier molecular flexibility index (Phi) is 4.63. The minimum absolute atomic E-state index is 0.195. The van der Waals surface area contributed by atoms with E-state index >= 15 is 0 Å². The van der Waals surface area contributed by atoms with Crippen LogP contribution in [0.15, 0.2) is 30.5 Å². The van der Waals surface area contributed by atoms with Gasteiger partial charge in [0, 0.05) is 12.3 Å². The molecule has 2 aromatic rings. The SMILES string of the molecule is CC(C)(C)c1cc(F)c(Oc2ccnc(P(C)(C)=O)c2)c(F)c1. The van der Waals surface area contributed by atoms with Gasteiger partial charge in [0.1, 0.15) is 18.3 Å². The van der Waals surface area contributed by atoms with E-state index in [1.807, 2.05) is 20.8 Å². The lowest BCUT2D eigenvalue weighted by Gasteiger charge is -2.20. The number of ether oxygens (including phenoxy) is 1. The second kappa shape index (κ2) is 6.04.